The fourth-order valence-corrected chi connectivity index (χ4v) is 1.91. The van der Waals surface area contributed by atoms with Gasteiger partial charge in [-0.15, -0.1) is 5.10 Å². The second-order valence-corrected chi connectivity index (χ2v) is 4.09. The number of carboxylic acid groups (broad SMARTS) is 1. The van der Waals surface area contributed by atoms with Crippen LogP contribution in [0, 0.1) is 11.8 Å². The van der Waals surface area contributed by atoms with Crippen LogP contribution in [-0.4, -0.2) is 37.2 Å². The number of hydrogen-bond donors (Lipinski definition) is 2. The number of carbonyl (C=O) groups excluding carboxylic acids is 1. The molecule has 1 aliphatic rings. The van der Waals surface area contributed by atoms with Crippen molar-refractivity contribution in [1.82, 2.24) is 20.2 Å². The summed E-state index contributed by atoms with van der Waals surface area (Å²) >= 11 is 0. The number of carboxylic acids is 1. The Balaban J connectivity index is 2.07. The number of hydrogen-bond acceptors (Lipinski definition) is 5. The van der Waals surface area contributed by atoms with E-state index in [4.69, 9.17) is 5.11 Å². The third kappa shape index (κ3) is 2.53. The molecule has 0 spiro atoms. The normalized spacial score (nSPS) is 22.7. The van der Waals surface area contributed by atoms with Crippen LogP contribution in [-0.2, 0) is 16.6 Å². The summed E-state index contributed by atoms with van der Waals surface area (Å²) in [6.07, 6.45) is 4.36. The predicted octanol–water partition coefficient (Wildman–Crippen LogP) is -0.184. The van der Waals surface area contributed by atoms with Gasteiger partial charge in [0.25, 0.3) is 5.95 Å². The van der Waals surface area contributed by atoms with Gasteiger partial charge < -0.3 is 5.11 Å². The number of tetrazole rings is 1. The largest absolute Gasteiger partial charge is 0.481 e. The maximum absolute atomic E-state index is 12.0. The molecule has 0 saturated heterocycles. The lowest BCUT2D eigenvalue weighted by atomic mass is 9.82. The van der Waals surface area contributed by atoms with E-state index >= 15 is 0 Å². The van der Waals surface area contributed by atoms with Crippen molar-refractivity contribution >= 4 is 17.8 Å². The minimum absolute atomic E-state index is 0.0844. The molecule has 96 valence electrons. The van der Waals surface area contributed by atoms with E-state index < -0.39 is 17.8 Å². The highest BCUT2D eigenvalue weighted by Crippen LogP contribution is 2.26. The van der Waals surface area contributed by atoms with E-state index in [0.717, 1.165) is 0 Å². The molecule has 0 radical (unpaired) electrons. The van der Waals surface area contributed by atoms with E-state index in [1.807, 2.05) is 6.08 Å². The van der Waals surface area contributed by atoms with Crippen LogP contribution in [0.15, 0.2) is 12.2 Å². The third-order valence-electron chi connectivity index (χ3n) is 2.83. The molecule has 1 aliphatic carbocycles. The Morgan fingerprint density at radius 3 is 2.61 bits per heavy atom. The molecule has 2 rings (SSSR count). The number of nitrogens with zero attached hydrogens (tertiary/aromatic N) is 4. The number of rotatable bonds is 3. The first kappa shape index (κ1) is 12.2. The quantitative estimate of drug-likeness (QED) is 0.721. The highest BCUT2D eigenvalue weighted by Gasteiger charge is 2.34. The first-order chi connectivity index (χ1) is 8.58. The molecule has 2 N–H and O–H groups in total. The Kier molecular flexibility index (Phi) is 3.35. The maximum Gasteiger partial charge on any atom is 0.307 e. The number of allylic oxidation sites excluding steroid dienone is 2. The van der Waals surface area contributed by atoms with Crippen LogP contribution in [0.2, 0.25) is 0 Å². The number of amides is 1. The van der Waals surface area contributed by atoms with Gasteiger partial charge in [-0.1, -0.05) is 17.3 Å². The van der Waals surface area contributed by atoms with Crippen LogP contribution in [0.25, 0.3) is 0 Å². The van der Waals surface area contributed by atoms with Crippen molar-refractivity contribution in [3.05, 3.63) is 12.2 Å². The maximum atomic E-state index is 12.0. The summed E-state index contributed by atoms with van der Waals surface area (Å²) in [5, 5.41) is 22.6. The topological polar surface area (TPSA) is 110 Å². The SMILES string of the molecule is Cn1nnc(NC(=O)C2CC=CCC2C(=O)O)n1. The highest BCUT2D eigenvalue weighted by molar-refractivity contribution is 5.94. The van der Waals surface area contributed by atoms with Gasteiger partial charge >= 0.3 is 5.97 Å². The minimum Gasteiger partial charge on any atom is -0.481 e. The molecule has 8 heteroatoms. The van der Waals surface area contributed by atoms with Crippen LogP contribution in [0.5, 0.6) is 0 Å². The number of aryl methyl sites for hydroxylation is 1. The van der Waals surface area contributed by atoms with Gasteiger partial charge in [-0.3, -0.25) is 14.9 Å². The molecule has 0 fully saturated rings. The summed E-state index contributed by atoms with van der Waals surface area (Å²) in [7, 11) is 1.58. The first-order valence-electron chi connectivity index (χ1n) is 5.50. The van der Waals surface area contributed by atoms with Crippen molar-refractivity contribution in [2.24, 2.45) is 18.9 Å². The van der Waals surface area contributed by atoms with Gasteiger partial charge in [0, 0.05) is 0 Å². The molecule has 2 atom stereocenters. The van der Waals surface area contributed by atoms with E-state index in [-0.39, 0.29) is 11.9 Å². The lowest BCUT2D eigenvalue weighted by molar-refractivity contribution is -0.146. The molecular formula is C10H13N5O3. The fraction of sp³-hybridized carbons (Fsp3) is 0.500. The third-order valence-corrected chi connectivity index (χ3v) is 2.83. The number of aliphatic carboxylic acids is 1. The smallest absolute Gasteiger partial charge is 0.307 e. The van der Waals surface area contributed by atoms with Gasteiger partial charge in [0.05, 0.1) is 18.9 Å². The van der Waals surface area contributed by atoms with Crippen LogP contribution >= 0.6 is 0 Å². The molecule has 0 aromatic carbocycles. The Morgan fingerprint density at radius 1 is 1.39 bits per heavy atom. The molecule has 1 heterocycles. The lowest BCUT2D eigenvalue weighted by Gasteiger charge is -2.23. The Bertz CT molecular complexity index is 495. The summed E-state index contributed by atoms with van der Waals surface area (Å²) in [6.45, 7) is 0. The molecular weight excluding hydrogens is 238 g/mol. The number of carbonyl (C=O) groups is 2. The fourth-order valence-electron chi connectivity index (χ4n) is 1.91. The average molecular weight is 251 g/mol. The van der Waals surface area contributed by atoms with Crippen molar-refractivity contribution in [1.29, 1.82) is 0 Å². The van der Waals surface area contributed by atoms with Crippen LogP contribution in [0.1, 0.15) is 12.8 Å². The van der Waals surface area contributed by atoms with Gasteiger partial charge in [-0.25, -0.2) is 0 Å². The van der Waals surface area contributed by atoms with Gasteiger partial charge in [-0.05, 0) is 18.1 Å². The van der Waals surface area contributed by atoms with Crippen LogP contribution in [0.4, 0.5) is 5.95 Å². The van der Waals surface area contributed by atoms with Crippen molar-refractivity contribution in [3.8, 4) is 0 Å². The van der Waals surface area contributed by atoms with E-state index in [1.54, 1.807) is 13.1 Å². The average Bonchev–Trinajstić information content (AvgIpc) is 2.74. The van der Waals surface area contributed by atoms with E-state index in [9.17, 15) is 9.59 Å². The van der Waals surface area contributed by atoms with Gasteiger partial charge in [0.15, 0.2) is 0 Å². The summed E-state index contributed by atoms with van der Waals surface area (Å²) in [4.78, 5) is 24.2. The molecule has 0 saturated carbocycles. The van der Waals surface area contributed by atoms with E-state index in [0.29, 0.717) is 12.8 Å². The zero-order valence-electron chi connectivity index (χ0n) is 9.78. The van der Waals surface area contributed by atoms with Crippen molar-refractivity contribution in [2.45, 2.75) is 12.8 Å². The van der Waals surface area contributed by atoms with Crippen LogP contribution < -0.4 is 5.32 Å². The standard InChI is InChI=1S/C10H13N5O3/c1-15-13-10(12-14-15)11-8(16)6-4-2-3-5-7(6)9(17)18/h2-3,6-7H,4-5H2,1H3,(H,17,18)(H,11,13,16). The molecule has 1 aromatic heterocycles. The molecule has 1 aromatic rings. The number of nitrogens with one attached hydrogen (secondary N) is 1. The summed E-state index contributed by atoms with van der Waals surface area (Å²) in [5.74, 6) is -2.57. The Hall–Kier alpha value is -2.25. The van der Waals surface area contributed by atoms with Crippen molar-refractivity contribution in [3.63, 3.8) is 0 Å². The van der Waals surface area contributed by atoms with Crippen LogP contribution in [0.3, 0.4) is 0 Å². The number of aromatic nitrogens is 4. The second kappa shape index (κ2) is 4.94. The monoisotopic (exact) mass is 251 g/mol. The Labute approximate surface area is 103 Å². The van der Waals surface area contributed by atoms with Crippen molar-refractivity contribution in [2.75, 3.05) is 5.32 Å². The molecule has 1 amide bonds. The highest BCUT2D eigenvalue weighted by atomic mass is 16.4. The zero-order chi connectivity index (χ0) is 13.1. The van der Waals surface area contributed by atoms with Gasteiger partial charge in [0.2, 0.25) is 5.91 Å². The predicted molar refractivity (Wildman–Crippen MR) is 60.4 cm³/mol. The molecule has 0 aliphatic heterocycles. The van der Waals surface area contributed by atoms with Gasteiger partial charge in [-0.2, -0.15) is 4.80 Å². The van der Waals surface area contributed by atoms with E-state index in [1.165, 1.54) is 4.80 Å². The molecule has 2 unspecified atom stereocenters. The van der Waals surface area contributed by atoms with E-state index in [2.05, 4.69) is 20.7 Å². The molecule has 18 heavy (non-hydrogen) atoms. The first-order valence-corrected chi connectivity index (χ1v) is 5.50. The molecule has 8 nitrogen and oxygen atoms in total. The van der Waals surface area contributed by atoms with Gasteiger partial charge in [0.1, 0.15) is 0 Å². The second-order valence-electron chi connectivity index (χ2n) is 4.09. The Morgan fingerprint density at radius 2 is 2.06 bits per heavy atom. The van der Waals surface area contributed by atoms with Crippen molar-refractivity contribution < 1.29 is 14.7 Å². The summed E-state index contributed by atoms with van der Waals surface area (Å²) in [5.41, 5.74) is 0. The molecule has 0 bridgehead atoms. The lowest BCUT2D eigenvalue weighted by Crippen LogP contribution is -2.35. The summed E-state index contributed by atoms with van der Waals surface area (Å²) < 4.78 is 0. The number of anilines is 1. The minimum atomic E-state index is -0.966. The summed E-state index contributed by atoms with van der Waals surface area (Å²) in [6, 6.07) is 0. The zero-order valence-corrected chi connectivity index (χ0v) is 9.78.